The van der Waals surface area contributed by atoms with Crippen LogP contribution >= 0.6 is 0 Å². The Morgan fingerprint density at radius 3 is 2.52 bits per heavy atom. The maximum atomic E-state index is 11.9. The maximum Gasteiger partial charge on any atom is 0.220 e. The van der Waals surface area contributed by atoms with E-state index in [-0.39, 0.29) is 11.3 Å². The molecule has 1 aromatic heterocycles. The van der Waals surface area contributed by atoms with Crippen LogP contribution in [-0.4, -0.2) is 10.9 Å². The zero-order chi connectivity index (χ0) is 18.1. The molecule has 0 saturated heterocycles. The normalized spacial score (nSPS) is 11.2. The van der Waals surface area contributed by atoms with Gasteiger partial charge in [-0.05, 0) is 48.1 Å². The van der Waals surface area contributed by atoms with Crippen molar-refractivity contribution < 1.29 is 9.53 Å². The van der Waals surface area contributed by atoms with E-state index in [2.05, 4.69) is 31.1 Å². The van der Waals surface area contributed by atoms with Gasteiger partial charge >= 0.3 is 0 Å². The molecule has 1 N–H and O–H groups in total. The second-order valence-corrected chi connectivity index (χ2v) is 7.44. The second-order valence-electron chi connectivity index (χ2n) is 7.44. The summed E-state index contributed by atoms with van der Waals surface area (Å²) in [5, 5.41) is 2.97. The summed E-state index contributed by atoms with van der Waals surface area (Å²) in [7, 11) is 0. The highest BCUT2D eigenvalue weighted by Gasteiger charge is 2.11. The van der Waals surface area contributed by atoms with E-state index in [9.17, 15) is 4.79 Å². The average Bonchev–Trinajstić information content (AvgIpc) is 2.59. The summed E-state index contributed by atoms with van der Waals surface area (Å²) in [6, 6.07) is 13.6. The fourth-order valence-electron chi connectivity index (χ4n) is 2.41. The molecule has 1 aromatic carbocycles. The third-order valence-corrected chi connectivity index (χ3v) is 3.86. The summed E-state index contributed by atoms with van der Waals surface area (Å²) < 4.78 is 5.71. The SMILES string of the molecule is CC(C)(C)CCCC(=O)NCc1ccc(OCc2ccccn2)cc1. The molecule has 2 aromatic rings. The highest BCUT2D eigenvalue weighted by Crippen LogP contribution is 2.21. The quantitative estimate of drug-likeness (QED) is 0.770. The molecule has 2 rings (SSSR count). The predicted molar refractivity (Wildman–Crippen MR) is 100 cm³/mol. The van der Waals surface area contributed by atoms with E-state index < -0.39 is 0 Å². The van der Waals surface area contributed by atoms with E-state index in [1.807, 2.05) is 42.5 Å². The minimum Gasteiger partial charge on any atom is -0.487 e. The number of nitrogens with one attached hydrogen (secondary N) is 1. The van der Waals surface area contributed by atoms with Crippen LogP contribution < -0.4 is 10.1 Å². The molecular formula is C21H28N2O2. The Morgan fingerprint density at radius 2 is 1.88 bits per heavy atom. The number of hydrogen-bond acceptors (Lipinski definition) is 3. The molecule has 0 atom stereocenters. The molecule has 0 fully saturated rings. The third-order valence-electron chi connectivity index (χ3n) is 3.86. The average molecular weight is 340 g/mol. The Labute approximate surface area is 150 Å². The summed E-state index contributed by atoms with van der Waals surface area (Å²) >= 11 is 0. The van der Waals surface area contributed by atoms with Gasteiger partial charge in [-0.2, -0.15) is 0 Å². The first-order valence-electron chi connectivity index (χ1n) is 8.81. The van der Waals surface area contributed by atoms with Crippen LogP contribution in [0.25, 0.3) is 0 Å². The Morgan fingerprint density at radius 1 is 1.12 bits per heavy atom. The molecule has 134 valence electrons. The lowest BCUT2D eigenvalue weighted by Crippen LogP contribution is -2.22. The summed E-state index contributed by atoms with van der Waals surface area (Å²) in [6.45, 7) is 7.59. The topological polar surface area (TPSA) is 51.2 Å². The third kappa shape index (κ3) is 7.84. The van der Waals surface area contributed by atoms with Crippen molar-refractivity contribution in [2.24, 2.45) is 5.41 Å². The van der Waals surface area contributed by atoms with Gasteiger partial charge < -0.3 is 10.1 Å². The van der Waals surface area contributed by atoms with Crippen molar-refractivity contribution >= 4 is 5.91 Å². The maximum absolute atomic E-state index is 11.9. The predicted octanol–water partition coefficient (Wildman–Crippen LogP) is 4.49. The molecule has 0 spiro atoms. The minimum atomic E-state index is 0.111. The number of nitrogens with zero attached hydrogens (tertiary/aromatic N) is 1. The van der Waals surface area contributed by atoms with E-state index in [1.165, 1.54) is 0 Å². The Balaban J connectivity index is 1.70. The number of amides is 1. The highest BCUT2D eigenvalue weighted by atomic mass is 16.5. The van der Waals surface area contributed by atoms with E-state index in [0.29, 0.717) is 19.6 Å². The zero-order valence-electron chi connectivity index (χ0n) is 15.4. The number of carbonyl (C=O) groups is 1. The molecule has 4 heteroatoms. The number of rotatable bonds is 8. The Hall–Kier alpha value is -2.36. The minimum absolute atomic E-state index is 0.111. The number of ether oxygens (including phenoxy) is 1. The van der Waals surface area contributed by atoms with Gasteiger partial charge in [0, 0.05) is 19.2 Å². The van der Waals surface area contributed by atoms with Crippen LogP contribution in [-0.2, 0) is 17.9 Å². The Bertz CT molecular complexity index is 646. The van der Waals surface area contributed by atoms with Gasteiger partial charge in [-0.3, -0.25) is 9.78 Å². The lowest BCUT2D eigenvalue weighted by Gasteiger charge is -2.17. The van der Waals surface area contributed by atoms with Gasteiger partial charge in [0.2, 0.25) is 5.91 Å². The van der Waals surface area contributed by atoms with Gasteiger partial charge in [-0.15, -0.1) is 0 Å². The van der Waals surface area contributed by atoms with Crippen molar-refractivity contribution in [3.05, 3.63) is 59.9 Å². The Kier molecular flexibility index (Phi) is 6.99. The van der Waals surface area contributed by atoms with Crippen molar-refractivity contribution in [3.8, 4) is 5.75 Å². The van der Waals surface area contributed by atoms with E-state index in [1.54, 1.807) is 6.20 Å². The van der Waals surface area contributed by atoms with Crippen LogP contribution in [0.15, 0.2) is 48.7 Å². The molecule has 1 amide bonds. The molecule has 4 nitrogen and oxygen atoms in total. The van der Waals surface area contributed by atoms with Gasteiger partial charge in [-0.1, -0.05) is 39.0 Å². The van der Waals surface area contributed by atoms with Crippen molar-refractivity contribution in [2.75, 3.05) is 0 Å². The summed E-state index contributed by atoms with van der Waals surface area (Å²) in [5.74, 6) is 0.908. The number of aromatic nitrogens is 1. The standard InChI is InChI=1S/C21H28N2O2/c1-21(2,3)13-6-8-20(24)23-15-17-9-11-19(12-10-17)25-16-18-7-4-5-14-22-18/h4-5,7,9-12,14H,6,8,13,15-16H2,1-3H3,(H,23,24). The smallest absolute Gasteiger partial charge is 0.220 e. The molecule has 25 heavy (non-hydrogen) atoms. The van der Waals surface area contributed by atoms with Crippen LogP contribution in [0.2, 0.25) is 0 Å². The summed E-state index contributed by atoms with van der Waals surface area (Å²) in [6.07, 6.45) is 4.33. The van der Waals surface area contributed by atoms with Gasteiger partial charge in [0.05, 0.1) is 5.69 Å². The van der Waals surface area contributed by atoms with E-state index in [0.717, 1.165) is 29.8 Å². The number of pyridine rings is 1. The van der Waals surface area contributed by atoms with Gasteiger partial charge in [0.1, 0.15) is 12.4 Å². The number of carbonyl (C=O) groups excluding carboxylic acids is 1. The fourth-order valence-corrected chi connectivity index (χ4v) is 2.41. The van der Waals surface area contributed by atoms with Gasteiger partial charge in [-0.25, -0.2) is 0 Å². The van der Waals surface area contributed by atoms with Crippen molar-refractivity contribution in [2.45, 2.75) is 53.2 Å². The first-order valence-corrected chi connectivity index (χ1v) is 8.81. The lowest BCUT2D eigenvalue weighted by molar-refractivity contribution is -0.121. The van der Waals surface area contributed by atoms with Crippen LogP contribution in [0.5, 0.6) is 5.75 Å². The summed E-state index contributed by atoms with van der Waals surface area (Å²) in [4.78, 5) is 16.1. The molecule has 0 bridgehead atoms. The largest absolute Gasteiger partial charge is 0.487 e. The second kappa shape index (κ2) is 9.21. The van der Waals surface area contributed by atoms with Gasteiger partial charge in [0.25, 0.3) is 0 Å². The highest BCUT2D eigenvalue weighted by molar-refractivity contribution is 5.75. The van der Waals surface area contributed by atoms with Crippen LogP contribution in [0, 0.1) is 5.41 Å². The first-order chi connectivity index (χ1) is 11.9. The monoisotopic (exact) mass is 340 g/mol. The van der Waals surface area contributed by atoms with Crippen molar-refractivity contribution in [3.63, 3.8) is 0 Å². The fraction of sp³-hybridized carbons (Fsp3) is 0.429. The molecule has 1 heterocycles. The molecule has 0 aliphatic heterocycles. The van der Waals surface area contributed by atoms with Crippen molar-refractivity contribution in [1.29, 1.82) is 0 Å². The van der Waals surface area contributed by atoms with Crippen LogP contribution in [0.1, 0.15) is 51.3 Å². The molecule has 0 unspecified atom stereocenters. The van der Waals surface area contributed by atoms with Crippen LogP contribution in [0.3, 0.4) is 0 Å². The lowest BCUT2D eigenvalue weighted by atomic mass is 9.90. The summed E-state index contributed by atoms with van der Waals surface area (Å²) in [5.41, 5.74) is 2.24. The van der Waals surface area contributed by atoms with Gasteiger partial charge in [0.15, 0.2) is 0 Å². The molecule has 0 aliphatic rings. The molecule has 0 saturated carbocycles. The number of benzene rings is 1. The zero-order valence-corrected chi connectivity index (χ0v) is 15.4. The number of hydrogen-bond donors (Lipinski definition) is 1. The van der Waals surface area contributed by atoms with E-state index in [4.69, 9.17) is 4.74 Å². The molecule has 0 radical (unpaired) electrons. The van der Waals surface area contributed by atoms with Crippen LogP contribution in [0.4, 0.5) is 0 Å². The first kappa shape index (κ1) is 19.0. The van der Waals surface area contributed by atoms with Crippen molar-refractivity contribution in [1.82, 2.24) is 10.3 Å². The molecule has 0 aliphatic carbocycles. The van der Waals surface area contributed by atoms with E-state index >= 15 is 0 Å². The molecular weight excluding hydrogens is 312 g/mol.